The molecule has 1 saturated heterocycles. The fourth-order valence-corrected chi connectivity index (χ4v) is 4.35. The first-order valence-electron chi connectivity index (χ1n) is 6.18. The lowest BCUT2D eigenvalue weighted by atomic mass is 10.1. The van der Waals surface area contributed by atoms with Crippen LogP contribution in [0.25, 0.3) is 0 Å². The van der Waals surface area contributed by atoms with Crippen LogP contribution < -0.4 is 4.90 Å². The molecule has 1 aliphatic rings. The number of hydrogen-bond acceptors (Lipinski definition) is 3. The van der Waals surface area contributed by atoms with E-state index >= 15 is 0 Å². The van der Waals surface area contributed by atoms with E-state index in [2.05, 4.69) is 46.8 Å². The number of carbonyl (C=O) groups is 1. The normalized spacial score (nSPS) is 24.1. The van der Waals surface area contributed by atoms with Crippen LogP contribution >= 0.6 is 27.7 Å². The van der Waals surface area contributed by atoms with E-state index < -0.39 is 0 Å². The van der Waals surface area contributed by atoms with Gasteiger partial charge in [-0.2, -0.15) is 11.8 Å². The minimum absolute atomic E-state index is 0.101. The molecule has 98 valence electrons. The van der Waals surface area contributed by atoms with E-state index in [1.165, 1.54) is 5.69 Å². The molecule has 18 heavy (non-hydrogen) atoms. The minimum atomic E-state index is 0.101. The maximum atomic E-state index is 11.4. The van der Waals surface area contributed by atoms with Crippen LogP contribution in [0.2, 0.25) is 0 Å². The lowest BCUT2D eigenvalue weighted by Gasteiger charge is -2.36. The van der Waals surface area contributed by atoms with Gasteiger partial charge in [0.25, 0.3) is 0 Å². The van der Waals surface area contributed by atoms with Gasteiger partial charge in [-0.15, -0.1) is 0 Å². The Bertz CT molecular complexity index is 453. The Hall–Kier alpha value is -0.480. The van der Waals surface area contributed by atoms with Crippen molar-refractivity contribution >= 4 is 39.2 Å². The number of Topliss-reactive ketones (excluding diaryl/α,β-unsaturated/α-hetero) is 1. The van der Waals surface area contributed by atoms with Crippen molar-refractivity contribution in [2.75, 3.05) is 18.0 Å². The van der Waals surface area contributed by atoms with Crippen LogP contribution in [0.5, 0.6) is 0 Å². The minimum Gasteiger partial charge on any atom is -0.369 e. The number of anilines is 1. The summed E-state index contributed by atoms with van der Waals surface area (Å²) >= 11 is 5.54. The van der Waals surface area contributed by atoms with Crippen molar-refractivity contribution in [3.8, 4) is 0 Å². The molecule has 2 atom stereocenters. The molecular formula is C14H18BrNOS. The van der Waals surface area contributed by atoms with Gasteiger partial charge in [0, 0.05) is 39.3 Å². The topological polar surface area (TPSA) is 20.3 Å². The second-order valence-corrected chi connectivity index (χ2v) is 7.62. The van der Waals surface area contributed by atoms with E-state index in [0.29, 0.717) is 10.5 Å². The molecule has 0 amide bonds. The fraction of sp³-hybridized carbons (Fsp3) is 0.500. The first-order valence-corrected chi connectivity index (χ1v) is 7.92. The summed E-state index contributed by atoms with van der Waals surface area (Å²) in [6, 6.07) is 6.03. The predicted molar refractivity (Wildman–Crippen MR) is 82.9 cm³/mol. The third-order valence-electron chi connectivity index (χ3n) is 3.12. The van der Waals surface area contributed by atoms with Crippen molar-refractivity contribution < 1.29 is 4.79 Å². The zero-order valence-electron chi connectivity index (χ0n) is 10.9. The molecule has 0 aromatic heterocycles. The van der Waals surface area contributed by atoms with Gasteiger partial charge in [-0.3, -0.25) is 4.79 Å². The molecule has 1 aromatic rings. The number of ketones is 1. The van der Waals surface area contributed by atoms with E-state index in [4.69, 9.17) is 0 Å². The van der Waals surface area contributed by atoms with Gasteiger partial charge in [0.05, 0.1) is 0 Å². The number of hydrogen-bond donors (Lipinski definition) is 0. The highest BCUT2D eigenvalue weighted by Gasteiger charge is 2.22. The van der Waals surface area contributed by atoms with Crippen molar-refractivity contribution in [2.45, 2.75) is 31.3 Å². The van der Waals surface area contributed by atoms with Gasteiger partial charge < -0.3 is 4.90 Å². The molecule has 0 N–H and O–H groups in total. The summed E-state index contributed by atoms with van der Waals surface area (Å²) in [5, 5.41) is 1.31. The highest BCUT2D eigenvalue weighted by Crippen LogP contribution is 2.31. The molecule has 1 fully saturated rings. The van der Waals surface area contributed by atoms with Crippen molar-refractivity contribution in [3.63, 3.8) is 0 Å². The molecule has 2 rings (SSSR count). The van der Waals surface area contributed by atoms with Gasteiger partial charge in [0.2, 0.25) is 0 Å². The lowest BCUT2D eigenvalue weighted by molar-refractivity contribution is 0.101. The molecule has 0 bridgehead atoms. The molecular weight excluding hydrogens is 310 g/mol. The number of thioether (sulfide) groups is 1. The average molecular weight is 328 g/mol. The first kappa shape index (κ1) is 13.9. The Morgan fingerprint density at radius 1 is 1.33 bits per heavy atom. The maximum Gasteiger partial charge on any atom is 0.160 e. The molecule has 0 radical (unpaired) electrons. The SMILES string of the molecule is CC(=O)c1ccc(N2CC(C)SC(C)C2)cc1Br. The Morgan fingerprint density at radius 3 is 2.44 bits per heavy atom. The predicted octanol–water partition coefficient (Wildman–Crippen LogP) is 3.98. The Balaban J connectivity index is 2.23. The third kappa shape index (κ3) is 3.09. The summed E-state index contributed by atoms with van der Waals surface area (Å²) in [5.41, 5.74) is 1.96. The molecule has 0 saturated carbocycles. The number of halogens is 1. The molecule has 2 unspecified atom stereocenters. The molecule has 4 heteroatoms. The van der Waals surface area contributed by atoms with E-state index in [9.17, 15) is 4.79 Å². The third-order valence-corrected chi connectivity index (χ3v) is 5.00. The zero-order chi connectivity index (χ0) is 13.3. The van der Waals surface area contributed by atoms with Crippen molar-refractivity contribution in [1.29, 1.82) is 0 Å². The van der Waals surface area contributed by atoms with Crippen LogP contribution in [0.15, 0.2) is 22.7 Å². The van der Waals surface area contributed by atoms with Gasteiger partial charge in [0.1, 0.15) is 0 Å². The summed E-state index contributed by atoms with van der Waals surface area (Å²) in [6.45, 7) is 8.28. The summed E-state index contributed by atoms with van der Waals surface area (Å²) in [4.78, 5) is 13.8. The van der Waals surface area contributed by atoms with Crippen LogP contribution in [-0.2, 0) is 0 Å². The molecule has 1 aliphatic heterocycles. The van der Waals surface area contributed by atoms with Gasteiger partial charge >= 0.3 is 0 Å². The summed E-state index contributed by atoms with van der Waals surface area (Å²) < 4.78 is 0.894. The highest BCUT2D eigenvalue weighted by molar-refractivity contribution is 9.10. The standard InChI is InChI=1S/C14H18BrNOS/c1-9-7-16(8-10(2)18-9)12-4-5-13(11(3)17)14(15)6-12/h4-6,9-10H,7-8H2,1-3H3. The average Bonchev–Trinajstić information content (AvgIpc) is 2.26. The van der Waals surface area contributed by atoms with Crippen LogP contribution in [0.4, 0.5) is 5.69 Å². The monoisotopic (exact) mass is 327 g/mol. The number of nitrogens with zero attached hydrogens (tertiary/aromatic N) is 1. The Labute approximate surface area is 121 Å². The lowest BCUT2D eigenvalue weighted by Crippen LogP contribution is -2.40. The van der Waals surface area contributed by atoms with E-state index in [0.717, 1.165) is 23.1 Å². The quantitative estimate of drug-likeness (QED) is 0.766. The Kier molecular flexibility index (Phi) is 4.38. The van der Waals surface area contributed by atoms with Crippen molar-refractivity contribution in [2.24, 2.45) is 0 Å². The number of rotatable bonds is 2. The summed E-state index contributed by atoms with van der Waals surface area (Å²) in [7, 11) is 0. The maximum absolute atomic E-state index is 11.4. The number of carbonyl (C=O) groups excluding carboxylic acids is 1. The fourth-order valence-electron chi connectivity index (χ4n) is 2.37. The van der Waals surface area contributed by atoms with Crippen molar-refractivity contribution in [3.05, 3.63) is 28.2 Å². The zero-order valence-corrected chi connectivity index (χ0v) is 13.3. The van der Waals surface area contributed by atoms with E-state index in [-0.39, 0.29) is 5.78 Å². The molecule has 2 nitrogen and oxygen atoms in total. The van der Waals surface area contributed by atoms with E-state index in [1.807, 2.05) is 17.8 Å². The van der Waals surface area contributed by atoms with Gasteiger partial charge in [0.15, 0.2) is 5.78 Å². The number of benzene rings is 1. The van der Waals surface area contributed by atoms with Gasteiger partial charge in [-0.25, -0.2) is 0 Å². The molecule has 0 aliphatic carbocycles. The largest absolute Gasteiger partial charge is 0.369 e. The first-order chi connectivity index (χ1) is 8.47. The van der Waals surface area contributed by atoms with Crippen LogP contribution in [0.1, 0.15) is 31.1 Å². The highest BCUT2D eigenvalue weighted by atomic mass is 79.9. The summed E-state index contributed by atoms with van der Waals surface area (Å²) in [6.07, 6.45) is 0. The second kappa shape index (κ2) is 5.66. The van der Waals surface area contributed by atoms with Crippen LogP contribution in [0, 0.1) is 0 Å². The molecule has 1 heterocycles. The van der Waals surface area contributed by atoms with Crippen molar-refractivity contribution in [1.82, 2.24) is 0 Å². The van der Waals surface area contributed by atoms with Gasteiger partial charge in [-0.05, 0) is 41.1 Å². The Morgan fingerprint density at radius 2 is 1.94 bits per heavy atom. The van der Waals surface area contributed by atoms with Crippen LogP contribution in [-0.4, -0.2) is 29.4 Å². The van der Waals surface area contributed by atoms with E-state index in [1.54, 1.807) is 6.92 Å². The molecule has 0 spiro atoms. The summed E-state index contributed by atoms with van der Waals surface area (Å²) in [5.74, 6) is 0.101. The second-order valence-electron chi connectivity index (χ2n) is 4.88. The van der Waals surface area contributed by atoms with Crippen LogP contribution in [0.3, 0.4) is 0 Å². The smallest absolute Gasteiger partial charge is 0.160 e. The molecule has 1 aromatic carbocycles. The van der Waals surface area contributed by atoms with Gasteiger partial charge in [-0.1, -0.05) is 13.8 Å².